The van der Waals surface area contributed by atoms with E-state index in [0.29, 0.717) is 24.0 Å². The molecule has 148 valence electrons. The van der Waals surface area contributed by atoms with Crippen molar-refractivity contribution in [2.24, 2.45) is 4.99 Å². The third-order valence-electron chi connectivity index (χ3n) is 4.86. The van der Waals surface area contributed by atoms with Gasteiger partial charge in [0.05, 0.1) is 12.6 Å². The largest absolute Gasteiger partial charge is 0.376 e. The SMILES string of the molecule is Cc1ccc(C(=O)NC(=NC[C@@H]2CCCO2)Nc2ccc(C(C)C)cc2)cc1. The molecule has 0 saturated carbocycles. The van der Waals surface area contributed by atoms with Gasteiger partial charge in [-0.2, -0.15) is 0 Å². The van der Waals surface area contributed by atoms with Crippen LogP contribution in [0.25, 0.3) is 0 Å². The second-order valence-corrected chi connectivity index (χ2v) is 7.55. The number of hydrogen-bond donors (Lipinski definition) is 2. The average molecular weight is 380 g/mol. The fourth-order valence-corrected chi connectivity index (χ4v) is 3.06. The molecule has 0 aromatic heterocycles. The monoisotopic (exact) mass is 379 g/mol. The number of ether oxygens (including phenoxy) is 1. The molecule has 0 unspecified atom stereocenters. The van der Waals surface area contributed by atoms with Gasteiger partial charge in [-0.05, 0) is 55.5 Å². The topological polar surface area (TPSA) is 62.7 Å². The number of aryl methyl sites for hydroxylation is 1. The van der Waals surface area contributed by atoms with E-state index in [1.54, 1.807) is 0 Å². The third kappa shape index (κ3) is 5.67. The first-order valence-electron chi connectivity index (χ1n) is 9.92. The quantitative estimate of drug-likeness (QED) is 0.594. The lowest BCUT2D eigenvalue weighted by atomic mass is 10.0. The minimum atomic E-state index is -0.183. The van der Waals surface area contributed by atoms with E-state index in [0.717, 1.165) is 30.7 Å². The Kier molecular flexibility index (Phi) is 6.82. The molecule has 1 heterocycles. The zero-order chi connectivity index (χ0) is 19.9. The van der Waals surface area contributed by atoms with Gasteiger partial charge in [0.2, 0.25) is 5.96 Å². The Hall–Kier alpha value is -2.66. The Morgan fingerprint density at radius 3 is 2.46 bits per heavy atom. The van der Waals surface area contributed by atoms with Gasteiger partial charge in [0.15, 0.2) is 0 Å². The van der Waals surface area contributed by atoms with Crippen molar-refractivity contribution < 1.29 is 9.53 Å². The summed E-state index contributed by atoms with van der Waals surface area (Å²) in [7, 11) is 0. The van der Waals surface area contributed by atoms with Gasteiger partial charge in [0.25, 0.3) is 5.91 Å². The molecule has 3 rings (SSSR count). The third-order valence-corrected chi connectivity index (χ3v) is 4.86. The molecule has 1 aliphatic rings. The van der Waals surface area contributed by atoms with Crippen molar-refractivity contribution in [1.82, 2.24) is 5.32 Å². The van der Waals surface area contributed by atoms with E-state index in [1.807, 2.05) is 43.3 Å². The number of nitrogens with zero attached hydrogens (tertiary/aromatic N) is 1. The predicted molar refractivity (Wildman–Crippen MR) is 114 cm³/mol. The molecule has 5 nitrogen and oxygen atoms in total. The van der Waals surface area contributed by atoms with Gasteiger partial charge in [0, 0.05) is 17.9 Å². The van der Waals surface area contributed by atoms with Gasteiger partial charge in [-0.1, -0.05) is 43.7 Å². The normalized spacial score (nSPS) is 17.0. The summed E-state index contributed by atoms with van der Waals surface area (Å²) in [6.45, 7) is 7.64. The molecule has 2 N–H and O–H groups in total. The lowest BCUT2D eigenvalue weighted by Crippen LogP contribution is -2.36. The van der Waals surface area contributed by atoms with Crippen molar-refractivity contribution in [3.63, 3.8) is 0 Å². The Bertz CT molecular complexity index is 805. The highest BCUT2D eigenvalue weighted by Gasteiger charge is 2.16. The number of anilines is 1. The first-order chi connectivity index (χ1) is 13.5. The molecule has 0 aliphatic carbocycles. The van der Waals surface area contributed by atoms with Gasteiger partial charge in [0.1, 0.15) is 0 Å². The van der Waals surface area contributed by atoms with Gasteiger partial charge in [-0.15, -0.1) is 0 Å². The fourth-order valence-electron chi connectivity index (χ4n) is 3.06. The van der Waals surface area contributed by atoms with Crippen LogP contribution in [0.5, 0.6) is 0 Å². The average Bonchev–Trinajstić information content (AvgIpc) is 3.20. The van der Waals surface area contributed by atoms with Crippen molar-refractivity contribution in [3.05, 3.63) is 65.2 Å². The van der Waals surface area contributed by atoms with Gasteiger partial charge >= 0.3 is 0 Å². The molecule has 1 aliphatic heterocycles. The number of carbonyl (C=O) groups is 1. The maximum absolute atomic E-state index is 12.6. The minimum Gasteiger partial charge on any atom is -0.376 e. The molecule has 0 bridgehead atoms. The molecule has 28 heavy (non-hydrogen) atoms. The van der Waals surface area contributed by atoms with E-state index in [-0.39, 0.29) is 12.0 Å². The van der Waals surface area contributed by atoms with E-state index in [2.05, 4.69) is 41.6 Å². The Morgan fingerprint density at radius 1 is 1.14 bits per heavy atom. The summed E-state index contributed by atoms with van der Waals surface area (Å²) in [5.41, 5.74) is 3.88. The highest BCUT2D eigenvalue weighted by atomic mass is 16.5. The molecular formula is C23H29N3O2. The molecule has 1 amide bonds. The van der Waals surface area contributed by atoms with Crippen LogP contribution in [0.4, 0.5) is 5.69 Å². The van der Waals surface area contributed by atoms with Crippen molar-refractivity contribution >= 4 is 17.6 Å². The molecule has 2 aromatic rings. The van der Waals surface area contributed by atoms with Crippen LogP contribution in [0.2, 0.25) is 0 Å². The van der Waals surface area contributed by atoms with Crippen LogP contribution in [-0.4, -0.2) is 31.1 Å². The van der Waals surface area contributed by atoms with Crippen LogP contribution in [-0.2, 0) is 4.74 Å². The maximum Gasteiger partial charge on any atom is 0.257 e. The van der Waals surface area contributed by atoms with E-state index < -0.39 is 0 Å². The van der Waals surface area contributed by atoms with Crippen LogP contribution < -0.4 is 10.6 Å². The summed E-state index contributed by atoms with van der Waals surface area (Å²) in [5, 5.41) is 6.15. The molecule has 2 aromatic carbocycles. The first-order valence-corrected chi connectivity index (χ1v) is 9.92. The predicted octanol–water partition coefficient (Wildman–Crippen LogP) is 4.50. The maximum atomic E-state index is 12.6. The van der Waals surface area contributed by atoms with Crippen molar-refractivity contribution in [2.75, 3.05) is 18.5 Å². The highest BCUT2D eigenvalue weighted by molar-refractivity contribution is 6.09. The van der Waals surface area contributed by atoms with Gasteiger partial charge in [-0.3, -0.25) is 10.1 Å². The lowest BCUT2D eigenvalue weighted by Gasteiger charge is -2.14. The molecule has 5 heteroatoms. The second-order valence-electron chi connectivity index (χ2n) is 7.55. The number of guanidine groups is 1. The molecular weight excluding hydrogens is 350 g/mol. The van der Waals surface area contributed by atoms with E-state index in [9.17, 15) is 4.79 Å². The zero-order valence-corrected chi connectivity index (χ0v) is 16.9. The number of hydrogen-bond acceptors (Lipinski definition) is 3. The second kappa shape index (κ2) is 9.51. The summed E-state index contributed by atoms with van der Waals surface area (Å²) in [4.78, 5) is 17.2. The number of nitrogens with one attached hydrogen (secondary N) is 2. The van der Waals surface area contributed by atoms with E-state index >= 15 is 0 Å². The minimum absolute atomic E-state index is 0.122. The molecule has 1 atom stereocenters. The number of carbonyl (C=O) groups excluding carboxylic acids is 1. The Morgan fingerprint density at radius 2 is 1.86 bits per heavy atom. The van der Waals surface area contributed by atoms with Gasteiger partial charge < -0.3 is 10.1 Å². The van der Waals surface area contributed by atoms with Crippen LogP contribution in [0.1, 0.15) is 54.1 Å². The van der Waals surface area contributed by atoms with Crippen molar-refractivity contribution in [2.45, 2.75) is 45.6 Å². The highest BCUT2D eigenvalue weighted by Crippen LogP contribution is 2.17. The lowest BCUT2D eigenvalue weighted by molar-refractivity contribution is 0.0975. The number of aliphatic imine (C=N–C) groups is 1. The van der Waals surface area contributed by atoms with E-state index in [4.69, 9.17) is 4.74 Å². The Balaban J connectivity index is 1.72. The molecule has 1 saturated heterocycles. The molecule has 0 spiro atoms. The zero-order valence-electron chi connectivity index (χ0n) is 16.9. The van der Waals surface area contributed by atoms with Crippen LogP contribution in [0.15, 0.2) is 53.5 Å². The number of benzene rings is 2. The summed E-state index contributed by atoms with van der Waals surface area (Å²) in [6, 6.07) is 15.7. The smallest absolute Gasteiger partial charge is 0.257 e. The number of amides is 1. The summed E-state index contributed by atoms with van der Waals surface area (Å²) < 4.78 is 5.65. The summed E-state index contributed by atoms with van der Waals surface area (Å²) in [6.07, 6.45) is 2.19. The number of rotatable bonds is 5. The summed E-state index contributed by atoms with van der Waals surface area (Å²) in [5.74, 6) is 0.735. The first kappa shape index (κ1) is 20.1. The van der Waals surface area contributed by atoms with Gasteiger partial charge in [-0.25, -0.2) is 4.99 Å². The fraction of sp³-hybridized carbons (Fsp3) is 0.391. The van der Waals surface area contributed by atoms with Crippen LogP contribution >= 0.6 is 0 Å². The van der Waals surface area contributed by atoms with Crippen LogP contribution in [0, 0.1) is 6.92 Å². The standard InChI is InChI=1S/C23H29N3O2/c1-16(2)18-10-12-20(13-11-18)25-23(24-15-21-5-4-14-28-21)26-22(27)19-8-6-17(3)7-9-19/h6-13,16,21H,4-5,14-15H2,1-3H3,(H2,24,25,26,27)/t21-/m0/s1. The molecule has 1 fully saturated rings. The van der Waals surface area contributed by atoms with Crippen molar-refractivity contribution in [3.8, 4) is 0 Å². The summed E-state index contributed by atoms with van der Waals surface area (Å²) >= 11 is 0. The van der Waals surface area contributed by atoms with Crippen molar-refractivity contribution in [1.29, 1.82) is 0 Å². The van der Waals surface area contributed by atoms with E-state index in [1.165, 1.54) is 5.56 Å². The molecule has 0 radical (unpaired) electrons. The van der Waals surface area contributed by atoms with Crippen LogP contribution in [0.3, 0.4) is 0 Å². The Labute approximate surface area is 167 Å².